The van der Waals surface area contributed by atoms with Gasteiger partial charge >= 0.3 is 14.0 Å². The van der Waals surface area contributed by atoms with Crippen LogP contribution in [0.3, 0.4) is 0 Å². The number of fused-ring (bicyclic) bond motifs is 1. The lowest BCUT2D eigenvalue weighted by atomic mass is 10.1. The molecule has 0 bridgehead atoms. The summed E-state index contributed by atoms with van der Waals surface area (Å²) in [6, 6.07) is 2.71. The molecule has 0 amide bonds. The lowest BCUT2D eigenvalue weighted by molar-refractivity contribution is 0.0747. The smallest absolute Gasteiger partial charge is 0.326 e. The van der Waals surface area contributed by atoms with Crippen LogP contribution in [0.2, 0.25) is 5.02 Å². The van der Waals surface area contributed by atoms with Crippen molar-refractivity contribution in [1.29, 1.82) is 0 Å². The molecule has 20 heavy (non-hydrogen) atoms. The monoisotopic (exact) mass is 293 g/mol. The third-order valence-corrected chi connectivity index (χ3v) is 3.71. The first kappa shape index (κ1) is 13.2. The third-order valence-electron chi connectivity index (χ3n) is 3.42. The van der Waals surface area contributed by atoms with Crippen LogP contribution in [0.25, 0.3) is 10.9 Å². The van der Waals surface area contributed by atoms with Crippen LogP contribution in [0.1, 0.15) is 29.2 Å². The summed E-state index contributed by atoms with van der Waals surface area (Å²) in [6.07, 6.45) is 3.38. The quantitative estimate of drug-likeness (QED) is 0.794. The fraction of sp³-hybridized carbons (Fsp3) is 0.231. The first-order chi connectivity index (χ1) is 9.52. The maximum Gasteiger partial charge on any atom is 0.326 e. The standard InChI is InChI=1S/C13H10BClFNO3/c14-20-13(19)8-5-17(6-1-2-6)11-4-9(15)10(16)3-7(11)12(8)18/h3-6H,1-2,14H2. The summed E-state index contributed by atoms with van der Waals surface area (Å²) in [4.78, 5) is 23.9. The highest BCUT2D eigenvalue weighted by Crippen LogP contribution is 2.37. The highest BCUT2D eigenvalue weighted by Gasteiger charge is 2.27. The van der Waals surface area contributed by atoms with Crippen LogP contribution >= 0.6 is 11.6 Å². The number of benzene rings is 1. The first-order valence-electron chi connectivity index (χ1n) is 6.15. The number of nitrogens with zero attached hydrogens (tertiary/aromatic N) is 1. The van der Waals surface area contributed by atoms with E-state index in [-0.39, 0.29) is 22.0 Å². The fourth-order valence-corrected chi connectivity index (χ4v) is 2.41. The number of carbonyl (C=O) groups excluding carboxylic acids is 1. The maximum atomic E-state index is 13.6. The van der Waals surface area contributed by atoms with Crippen LogP contribution in [0.5, 0.6) is 0 Å². The van der Waals surface area contributed by atoms with Crippen LogP contribution in [-0.2, 0) is 4.65 Å². The molecule has 0 saturated heterocycles. The van der Waals surface area contributed by atoms with Crippen LogP contribution in [-0.4, -0.2) is 18.6 Å². The molecular formula is C13H10BClFNO3. The van der Waals surface area contributed by atoms with Gasteiger partial charge in [0.05, 0.1) is 10.5 Å². The molecule has 1 fully saturated rings. The van der Waals surface area contributed by atoms with Gasteiger partial charge < -0.3 is 9.22 Å². The van der Waals surface area contributed by atoms with Gasteiger partial charge in [0.15, 0.2) is 0 Å². The van der Waals surface area contributed by atoms with Crippen molar-refractivity contribution in [3.05, 3.63) is 45.0 Å². The van der Waals surface area contributed by atoms with Crippen molar-refractivity contribution in [2.45, 2.75) is 18.9 Å². The number of carbonyl (C=O) groups is 1. The number of aromatic nitrogens is 1. The number of rotatable bonds is 2. The minimum Gasteiger partial charge on any atom is -0.540 e. The Kier molecular flexibility index (Phi) is 3.05. The summed E-state index contributed by atoms with van der Waals surface area (Å²) in [6.45, 7) is 0. The number of hydrogen-bond donors (Lipinski definition) is 0. The average molecular weight is 293 g/mol. The Morgan fingerprint density at radius 2 is 2.15 bits per heavy atom. The molecular weight excluding hydrogens is 283 g/mol. The zero-order valence-electron chi connectivity index (χ0n) is 10.7. The minimum absolute atomic E-state index is 0.0443. The van der Waals surface area contributed by atoms with E-state index in [1.54, 1.807) is 4.57 Å². The van der Waals surface area contributed by atoms with Crippen molar-refractivity contribution < 1.29 is 13.8 Å². The molecule has 1 heterocycles. The van der Waals surface area contributed by atoms with E-state index < -0.39 is 17.2 Å². The van der Waals surface area contributed by atoms with Gasteiger partial charge in [-0.1, -0.05) is 11.6 Å². The van der Waals surface area contributed by atoms with E-state index >= 15 is 0 Å². The van der Waals surface area contributed by atoms with Crippen LogP contribution in [0, 0.1) is 5.82 Å². The molecule has 0 N–H and O–H groups in total. The van der Waals surface area contributed by atoms with E-state index in [9.17, 15) is 14.0 Å². The van der Waals surface area contributed by atoms with Crippen LogP contribution in [0.15, 0.2) is 23.1 Å². The summed E-state index contributed by atoms with van der Waals surface area (Å²) < 4.78 is 20.0. The van der Waals surface area contributed by atoms with E-state index in [1.807, 2.05) is 0 Å². The van der Waals surface area contributed by atoms with E-state index in [4.69, 9.17) is 11.6 Å². The first-order valence-corrected chi connectivity index (χ1v) is 6.53. The van der Waals surface area contributed by atoms with Crippen molar-refractivity contribution in [3.8, 4) is 0 Å². The Balaban J connectivity index is 2.40. The Labute approximate surface area is 119 Å². The Hall–Kier alpha value is -1.82. The molecule has 1 aromatic heterocycles. The average Bonchev–Trinajstić information content (AvgIpc) is 3.25. The summed E-state index contributed by atoms with van der Waals surface area (Å²) in [5, 5.41) is 0.0961. The maximum absolute atomic E-state index is 13.6. The molecule has 0 spiro atoms. The molecule has 1 aliphatic carbocycles. The van der Waals surface area contributed by atoms with E-state index in [2.05, 4.69) is 4.65 Å². The van der Waals surface area contributed by atoms with Gasteiger partial charge in [0.25, 0.3) is 0 Å². The summed E-state index contributed by atoms with van der Waals surface area (Å²) in [7, 11) is 1.20. The molecule has 4 nitrogen and oxygen atoms in total. The molecule has 0 aliphatic heterocycles. The topological polar surface area (TPSA) is 48.3 Å². The molecule has 1 aromatic carbocycles. The second-order valence-electron chi connectivity index (χ2n) is 4.79. The summed E-state index contributed by atoms with van der Waals surface area (Å²) in [5.41, 5.74) is -0.0931. The molecule has 102 valence electrons. The minimum atomic E-state index is -0.721. The SMILES string of the molecule is BOC(=O)c1cn(C2CC2)c2cc(Cl)c(F)cc2c1=O. The molecule has 1 aliphatic rings. The molecule has 7 heteroatoms. The molecule has 3 rings (SSSR count). The Bertz CT molecular complexity index is 785. The summed E-state index contributed by atoms with van der Waals surface area (Å²) >= 11 is 5.78. The third kappa shape index (κ3) is 2.00. The highest BCUT2D eigenvalue weighted by atomic mass is 35.5. The van der Waals surface area contributed by atoms with E-state index in [0.717, 1.165) is 18.9 Å². The largest absolute Gasteiger partial charge is 0.540 e. The summed E-state index contributed by atoms with van der Waals surface area (Å²) in [5.74, 6) is -1.40. The van der Waals surface area contributed by atoms with E-state index in [1.165, 1.54) is 20.3 Å². The zero-order chi connectivity index (χ0) is 14.4. The Morgan fingerprint density at radius 1 is 1.45 bits per heavy atom. The molecule has 0 radical (unpaired) electrons. The predicted molar refractivity (Wildman–Crippen MR) is 75.4 cm³/mol. The van der Waals surface area contributed by atoms with Gasteiger partial charge in [-0.3, -0.25) is 4.79 Å². The highest BCUT2D eigenvalue weighted by molar-refractivity contribution is 6.31. The zero-order valence-corrected chi connectivity index (χ0v) is 11.4. The predicted octanol–water partition coefficient (Wildman–Crippen LogP) is 1.83. The number of hydrogen-bond acceptors (Lipinski definition) is 3. The normalized spacial score (nSPS) is 14.5. The van der Waals surface area contributed by atoms with Crippen LogP contribution in [0.4, 0.5) is 4.39 Å². The van der Waals surface area contributed by atoms with Crippen molar-refractivity contribution in [2.24, 2.45) is 0 Å². The Morgan fingerprint density at radius 3 is 2.75 bits per heavy atom. The van der Waals surface area contributed by atoms with Gasteiger partial charge in [-0.05, 0) is 25.0 Å². The molecule has 0 unspecified atom stereocenters. The van der Waals surface area contributed by atoms with Crippen molar-refractivity contribution in [1.82, 2.24) is 4.57 Å². The lowest BCUT2D eigenvalue weighted by Gasteiger charge is -2.12. The van der Waals surface area contributed by atoms with Gasteiger partial charge in [-0.15, -0.1) is 0 Å². The molecule has 2 aromatic rings. The second-order valence-corrected chi connectivity index (χ2v) is 5.19. The molecule has 0 atom stereocenters. The number of pyridine rings is 1. The van der Waals surface area contributed by atoms with Gasteiger partial charge in [-0.2, -0.15) is 0 Å². The van der Waals surface area contributed by atoms with E-state index in [0.29, 0.717) is 5.52 Å². The van der Waals surface area contributed by atoms with Gasteiger partial charge in [0.2, 0.25) is 5.43 Å². The fourth-order valence-electron chi connectivity index (χ4n) is 2.25. The molecule has 1 saturated carbocycles. The van der Waals surface area contributed by atoms with Crippen molar-refractivity contribution in [2.75, 3.05) is 0 Å². The lowest BCUT2D eigenvalue weighted by Crippen LogP contribution is -2.20. The van der Waals surface area contributed by atoms with Gasteiger partial charge in [0.1, 0.15) is 11.4 Å². The van der Waals surface area contributed by atoms with Gasteiger partial charge in [0, 0.05) is 17.6 Å². The van der Waals surface area contributed by atoms with Crippen LogP contribution < -0.4 is 5.43 Å². The number of halogens is 2. The van der Waals surface area contributed by atoms with Gasteiger partial charge in [-0.25, -0.2) is 9.18 Å². The van der Waals surface area contributed by atoms with Crippen molar-refractivity contribution in [3.63, 3.8) is 0 Å². The van der Waals surface area contributed by atoms with Crippen molar-refractivity contribution >= 4 is 36.5 Å². The second kappa shape index (κ2) is 4.63.